The van der Waals surface area contributed by atoms with Crippen LogP contribution >= 0.6 is 0 Å². The zero-order chi connectivity index (χ0) is 17.8. The minimum Gasteiger partial charge on any atom is -0.397 e. The molecule has 0 saturated carbocycles. The van der Waals surface area contributed by atoms with E-state index in [0.717, 1.165) is 17.5 Å². The van der Waals surface area contributed by atoms with Crippen molar-refractivity contribution in [1.82, 2.24) is 0 Å². The topological polar surface area (TPSA) is 83.7 Å². The first kappa shape index (κ1) is 16.0. The molecule has 7 heteroatoms. The third-order valence-corrected chi connectivity index (χ3v) is 6.70. The zero-order valence-electron chi connectivity index (χ0n) is 13.9. The van der Waals surface area contributed by atoms with E-state index in [-0.39, 0.29) is 10.8 Å². The van der Waals surface area contributed by atoms with Gasteiger partial charge in [-0.25, -0.2) is 8.42 Å². The van der Waals surface area contributed by atoms with Gasteiger partial charge in [0.15, 0.2) is 0 Å². The lowest BCUT2D eigenvalue weighted by molar-refractivity contribution is -0.116. The van der Waals surface area contributed by atoms with Crippen LogP contribution in [0.3, 0.4) is 0 Å². The Labute approximate surface area is 146 Å². The molecule has 0 aliphatic carbocycles. The van der Waals surface area contributed by atoms with Crippen molar-refractivity contribution in [3.8, 4) is 0 Å². The van der Waals surface area contributed by atoms with Gasteiger partial charge in [-0.05, 0) is 42.2 Å². The summed E-state index contributed by atoms with van der Waals surface area (Å²) < 4.78 is 27.8. The third-order valence-electron chi connectivity index (χ3n) is 4.90. The summed E-state index contributed by atoms with van der Waals surface area (Å²) in [6, 6.07) is 10.5. The molecule has 2 aromatic carbocycles. The summed E-state index contributed by atoms with van der Waals surface area (Å²) in [5.41, 5.74) is 9.69. The highest BCUT2D eigenvalue weighted by Gasteiger charge is 2.33. The van der Waals surface area contributed by atoms with Crippen LogP contribution in [0.25, 0.3) is 0 Å². The van der Waals surface area contributed by atoms with Gasteiger partial charge in [0, 0.05) is 25.7 Å². The molecule has 1 amide bonds. The first-order valence-corrected chi connectivity index (χ1v) is 9.65. The van der Waals surface area contributed by atoms with Gasteiger partial charge in [-0.2, -0.15) is 0 Å². The number of anilines is 3. The molecule has 0 fully saturated rings. The second-order valence-corrected chi connectivity index (χ2v) is 8.26. The third kappa shape index (κ3) is 2.38. The number of nitrogen functional groups attached to an aromatic ring is 1. The quantitative estimate of drug-likeness (QED) is 0.833. The van der Waals surface area contributed by atoms with E-state index in [0.29, 0.717) is 36.6 Å². The minimum atomic E-state index is -3.73. The lowest BCUT2D eigenvalue weighted by Crippen LogP contribution is -2.30. The highest BCUT2D eigenvalue weighted by atomic mass is 32.2. The first-order chi connectivity index (χ1) is 11.9. The fourth-order valence-corrected chi connectivity index (χ4v) is 5.21. The molecule has 0 aromatic heterocycles. The SMILES string of the molecule is CC(=O)N1CCc2ccc(S(=O)(=O)N3CCc4cccc(N)c43)cc21. The van der Waals surface area contributed by atoms with Crippen molar-refractivity contribution in [1.29, 1.82) is 0 Å². The normalized spacial score (nSPS) is 16.0. The molecule has 0 saturated heterocycles. The number of carbonyl (C=O) groups is 1. The second kappa shape index (κ2) is 5.49. The second-order valence-electron chi connectivity index (χ2n) is 6.39. The van der Waals surface area contributed by atoms with Crippen LogP contribution in [0.4, 0.5) is 17.1 Å². The molecular formula is C18H19N3O3S. The van der Waals surface area contributed by atoms with E-state index in [2.05, 4.69) is 0 Å². The van der Waals surface area contributed by atoms with Gasteiger partial charge in [0.1, 0.15) is 0 Å². The Hall–Kier alpha value is -2.54. The van der Waals surface area contributed by atoms with E-state index >= 15 is 0 Å². The number of hydrogen-bond acceptors (Lipinski definition) is 4. The summed E-state index contributed by atoms with van der Waals surface area (Å²) in [4.78, 5) is 13.6. The first-order valence-electron chi connectivity index (χ1n) is 8.21. The number of fused-ring (bicyclic) bond motifs is 2. The molecule has 6 nitrogen and oxygen atoms in total. The van der Waals surface area contributed by atoms with Crippen LogP contribution < -0.4 is 14.9 Å². The van der Waals surface area contributed by atoms with Crippen LogP contribution in [0, 0.1) is 0 Å². The molecule has 0 bridgehead atoms. The fraction of sp³-hybridized carbons (Fsp3) is 0.278. The van der Waals surface area contributed by atoms with Crippen LogP contribution in [-0.2, 0) is 27.7 Å². The van der Waals surface area contributed by atoms with Crippen molar-refractivity contribution in [3.05, 3.63) is 47.5 Å². The predicted molar refractivity (Wildman–Crippen MR) is 97.3 cm³/mol. The Morgan fingerprint density at radius 1 is 1.08 bits per heavy atom. The van der Waals surface area contributed by atoms with Gasteiger partial charge >= 0.3 is 0 Å². The number of nitrogens with two attached hydrogens (primary N) is 1. The molecule has 2 aliphatic rings. The van der Waals surface area contributed by atoms with Crippen LogP contribution in [0.2, 0.25) is 0 Å². The maximum Gasteiger partial charge on any atom is 0.264 e. The number of amides is 1. The Morgan fingerprint density at radius 3 is 2.60 bits per heavy atom. The summed E-state index contributed by atoms with van der Waals surface area (Å²) in [6.45, 7) is 2.46. The van der Waals surface area contributed by atoms with E-state index in [9.17, 15) is 13.2 Å². The van der Waals surface area contributed by atoms with Gasteiger partial charge < -0.3 is 10.6 Å². The Balaban J connectivity index is 1.79. The zero-order valence-corrected chi connectivity index (χ0v) is 14.7. The summed E-state index contributed by atoms with van der Waals surface area (Å²) in [6.07, 6.45) is 1.39. The van der Waals surface area contributed by atoms with Gasteiger partial charge in [-0.15, -0.1) is 0 Å². The molecule has 0 atom stereocenters. The van der Waals surface area contributed by atoms with Crippen molar-refractivity contribution in [3.63, 3.8) is 0 Å². The smallest absolute Gasteiger partial charge is 0.264 e. The van der Waals surface area contributed by atoms with Crippen LogP contribution in [-0.4, -0.2) is 27.4 Å². The average Bonchev–Trinajstić information content (AvgIpc) is 3.19. The van der Waals surface area contributed by atoms with Crippen molar-refractivity contribution in [2.75, 3.05) is 28.0 Å². The van der Waals surface area contributed by atoms with E-state index < -0.39 is 10.0 Å². The van der Waals surface area contributed by atoms with Crippen LogP contribution in [0.5, 0.6) is 0 Å². The number of carbonyl (C=O) groups excluding carboxylic acids is 1. The monoisotopic (exact) mass is 357 g/mol. The number of hydrogen-bond donors (Lipinski definition) is 1. The van der Waals surface area contributed by atoms with Gasteiger partial charge in [0.2, 0.25) is 5.91 Å². The number of benzene rings is 2. The molecule has 25 heavy (non-hydrogen) atoms. The molecule has 2 heterocycles. The lowest BCUT2D eigenvalue weighted by atomic mass is 10.1. The highest BCUT2D eigenvalue weighted by Crippen LogP contribution is 2.39. The Bertz CT molecular complexity index is 985. The molecule has 2 aliphatic heterocycles. The molecule has 2 N–H and O–H groups in total. The molecule has 0 spiro atoms. The number of sulfonamides is 1. The van der Waals surface area contributed by atoms with Gasteiger partial charge in [-0.1, -0.05) is 18.2 Å². The minimum absolute atomic E-state index is 0.0796. The molecular weight excluding hydrogens is 338 g/mol. The average molecular weight is 357 g/mol. The highest BCUT2D eigenvalue weighted by molar-refractivity contribution is 7.92. The van der Waals surface area contributed by atoms with Gasteiger partial charge in [0.05, 0.1) is 16.3 Å². The molecule has 130 valence electrons. The lowest BCUT2D eigenvalue weighted by Gasteiger charge is -2.22. The summed E-state index contributed by atoms with van der Waals surface area (Å²) in [5, 5.41) is 0. The summed E-state index contributed by atoms with van der Waals surface area (Å²) in [5.74, 6) is -0.0796. The van der Waals surface area contributed by atoms with E-state index in [1.165, 1.54) is 11.2 Å². The number of rotatable bonds is 2. The predicted octanol–water partition coefficient (Wildman–Crippen LogP) is 1.93. The standard InChI is InChI=1S/C18H19N3O3S/c1-12(22)20-9-7-13-5-6-15(11-17(13)20)25(23,24)21-10-8-14-3-2-4-16(19)18(14)21/h2-6,11H,7-10,19H2,1H3. The van der Waals surface area contributed by atoms with Crippen molar-refractivity contribution < 1.29 is 13.2 Å². The fourth-order valence-electron chi connectivity index (χ4n) is 3.67. The Kier molecular flexibility index (Phi) is 3.50. The number of para-hydroxylation sites is 1. The van der Waals surface area contributed by atoms with Crippen molar-refractivity contribution >= 4 is 33.0 Å². The Morgan fingerprint density at radius 2 is 1.84 bits per heavy atom. The van der Waals surface area contributed by atoms with Crippen molar-refractivity contribution in [2.24, 2.45) is 0 Å². The van der Waals surface area contributed by atoms with E-state index in [1.807, 2.05) is 12.1 Å². The van der Waals surface area contributed by atoms with Gasteiger partial charge in [0.25, 0.3) is 10.0 Å². The van der Waals surface area contributed by atoms with E-state index in [1.54, 1.807) is 29.2 Å². The maximum atomic E-state index is 13.2. The molecule has 0 unspecified atom stereocenters. The number of nitrogens with zero attached hydrogens (tertiary/aromatic N) is 2. The summed E-state index contributed by atoms with van der Waals surface area (Å²) >= 11 is 0. The van der Waals surface area contributed by atoms with Gasteiger partial charge in [-0.3, -0.25) is 9.10 Å². The van der Waals surface area contributed by atoms with Crippen molar-refractivity contribution in [2.45, 2.75) is 24.7 Å². The van der Waals surface area contributed by atoms with Crippen LogP contribution in [0.15, 0.2) is 41.3 Å². The summed E-state index contributed by atoms with van der Waals surface area (Å²) in [7, 11) is -3.73. The molecule has 4 rings (SSSR count). The molecule has 0 radical (unpaired) electrons. The van der Waals surface area contributed by atoms with E-state index in [4.69, 9.17) is 5.73 Å². The van der Waals surface area contributed by atoms with Crippen LogP contribution in [0.1, 0.15) is 18.1 Å². The maximum absolute atomic E-state index is 13.2. The molecule has 2 aromatic rings. The largest absolute Gasteiger partial charge is 0.397 e.